The van der Waals surface area contributed by atoms with Gasteiger partial charge in [-0.25, -0.2) is 0 Å². The highest BCUT2D eigenvalue weighted by Gasteiger charge is 2.39. The molecule has 0 saturated heterocycles. The van der Waals surface area contributed by atoms with Crippen LogP contribution in [0.5, 0.6) is 5.75 Å². The predicted molar refractivity (Wildman–Crippen MR) is 93.5 cm³/mol. The molecule has 28 heavy (non-hydrogen) atoms. The number of aryl methyl sites for hydroxylation is 1. The van der Waals surface area contributed by atoms with Crippen molar-refractivity contribution < 1.29 is 27.2 Å². The lowest BCUT2D eigenvalue weighted by Gasteiger charge is -2.30. The number of hydrogen-bond donors (Lipinski definition) is 1. The fourth-order valence-corrected chi connectivity index (χ4v) is 3.44. The molecule has 0 spiro atoms. The van der Waals surface area contributed by atoms with Gasteiger partial charge in [-0.05, 0) is 31.0 Å². The maximum Gasteiger partial charge on any atom is 0.416 e. The number of carbonyl (C=O) groups is 1. The largest absolute Gasteiger partial charge is 0.484 e. The topological polar surface area (TPSA) is 77.2 Å². The predicted octanol–water partition coefficient (Wildman–Crippen LogP) is 4.14. The standard InChI is InChI=1S/C19H22F3N3O3/c1-13-23-17(25-28-13)18(9-4-2-3-5-10-18)24-16(26)12-27-15-8-6-7-14(11-15)19(20,21)22/h6-8,11H,2-5,9-10,12H2,1H3,(H,24,26). The van der Waals surface area contributed by atoms with Crippen LogP contribution in [0, 0.1) is 6.92 Å². The molecule has 1 amide bonds. The fraction of sp³-hybridized carbons (Fsp3) is 0.526. The van der Waals surface area contributed by atoms with Gasteiger partial charge in [0.2, 0.25) is 5.89 Å². The van der Waals surface area contributed by atoms with Crippen LogP contribution in [-0.2, 0) is 16.5 Å². The van der Waals surface area contributed by atoms with E-state index in [0.717, 1.165) is 37.8 Å². The molecule has 0 atom stereocenters. The highest BCUT2D eigenvalue weighted by Crippen LogP contribution is 2.35. The summed E-state index contributed by atoms with van der Waals surface area (Å²) >= 11 is 0. The van der Waals surface area contributed by atoms with Gasteiger partial charge in [-0.1, -0.05) is 36.9 Å². The Balaban J connectivity index is 1.69. The van der Waals surface area contributed by atoms with Crippen LogP contribution in [0.1, 0.15) is 55.8 Å². The van der Waals surface area contributed by atoms with Gasteiger partial charge in [0.05, 0.1) is 5.56 Å². The second-order valence-corrected chi connectivity index (χ2v) is 7.00. The summed E-state index contributed by atoms with van der Waals surface area (Å²) in [5, 5.41) is 6.94. The van der Waals surface area contributed by atoms with E-state index in [9.17, 15) is 18.0 Å². The minimum absolute atomic E-state index is 0.0182. The number of nitrogens with one attached hydrogen (secondary N) is 1. The van der Waals surface area contributed by atoms with Gasteiger partial charge in [-0.15, -0.1) is 0 Å². The van der Waals surface area contributed by atoms with Gasteiger partial charge in [0.25, 0.3) is 5.91 Å². The van der Waals surface area contributed by atoms with E-state index in [0.29, 0.717) is 24.6 Å². The molecule has 1 aliphatic carbocycles. The van der Waals surface area contributed by atoms with Crippen LogP contribution < -0.4 is 10.1 Å². The molecule has 1 aromatic heterocycles. The number of rotatable bonds is 5. The Morgan fingerprint density at radius 3 is 2.57 bits per heavy atom. The summed E-state index contributed by atoms with van der Waals surface area (Å²) < 4.78 is 48.8. The first kappa shape index (κ1) is 20.2. The minimum atomic E-state index is -4.47. The van der Waals surface area contributed by atoms with Crippen molar-refractivity contribution >= 4 is 5.91 Å². The highest BCUT2D eigenvalue weighted by atomic mass is 19.4. The number of aromatic nitrogens is 2. The van der Waals surface area contributed by atoms with Crippen molar-refractivity contribution in [1.82, 2.24) is 15.5 Å². The van der Waals surface area contributed by atoms with E-state index in [1.54, 1.807) is 6.92 Å². The molecule has 1 heterocycles. The van der Waals surface area contributed by atoms with Crippen LogP contribution in [0.15, 0.2) is 28.8 Å². The number of halogens is 3. The molecular weight excluding hydrogens is 375 g/mol. The smallest absolute Gasteiger partial charge is 0.416 e. The van der Waals surface area contributed by atoms with Gasteiger partial charge in [-0.3, -0.25) is 4.79 Å². The summed E-state index contributed by atoms with van der Waals surface area (Å²) in [4.78, 5) is 16.8. The van der Waals surface area contributed by atoms with Gasteiger partial charge < -0.3 is 14.6 Å². The van der Waals surface area contributed by atoms with Gasteiger partial charge in [0.1, 0.15) is 11.3 Å². The summed E-state index contributed by atoms with van der Waals surface area (Å²) in [7, 11) is 0. The van der Waals surface area contributed by atoms with E-state index in [4.69, 9.17) is 9.26 Å². The number of hydrogen-bond acceptors (Lipinski definition) is 5. The summed E-state index contributed by atoms with van der Waals surface area (Å²) in [6, 6.07) is 4.45. The molecule has 1 aromatic carbocycles. The quantitative estimate of drug-likeness (QED) is 0.768. The SMILES string of the molecule is Cc1nc(C2(NC(=O)COc3cccc(C(F)(F)F)c3)CCCCCC2)no1. The second-order valence-electron chi connectivity index (χ2n) is 7.00. The van der Waals surface area contributed by atoms with Crippen LogP contribution in [0.25, 0.3) is 0 Å². The number of amides is 1. The molecule has 6 nitrogen and oxygen atoms in total. The van der Waals surface area contributed by atoms with E-state index in [1.807, 2.05) is 0 Å². The van der Waals surface area contributed by atoms with E-state index in [-0.39, 0.29) is 5.75 Å². The summed E-state index contributed by atoms with van der Waals surface area (Å²) in [5.74, 6) is 0.379. The second kappa shape index (κ2) is 8.20. The normalized spacial score (nSPS) is 17.0. The third-order valence-corrected chi connectivity index (χ3v) is 4.82. The van der Waals surface area contributed by atoms with E-state index < -0.39 is 29.8 Å². The van der Waals surface area contributed by atoms with Crippen molar-refractivity contribution in [3.63, 3.8) is 0 Å². The first-order chi connectivity index (χ1) is 13.3. The third-order valence-electron chi connectivity index (χ3n) is 4.82. The Hall–Kier alpha value is -2.58. The molecule has 0 radical (unpaired) electrons. The van der Waals surface area contributed by atoms with E-state index in [2.05, 4.69) is 15.5 Å². The summed E-state index contributed by atoms with van der Waals surface area (Å²) in [6.07, 6.45) is 0.778. The van der Waals surface area contributed by atoms with Gasteiger partial charge >= 0.3 is 6.18 Å². The number of carbonyl (C=O) groups excluding carboxylic acids is 1. The summed E-state index contributed by atoms with van der Waals surface area (Å²) in [5.41, 5.74) is -1.57. The van der Waals surface area contributed by atoms with Gasteiger partial charge in [0.15, 0.2) is 12.4 Å². The average Bonchev–Trinajstić information content (AvgIpc) is 2.95. The fourth-order valence-electron chi connectivity index (χ4n) is 3.44. The monoisotopic (exact) mass is 397 g/mol. The molecule has 0 bridgehead atoms. The number of nitrogens with zero attached hydrogens (tertiary/aromatic N) is 2. The Kier molecular flexibility index (Phi) is 5.90. The maximum absolute atomic E-state index is 12.8. The van der Waals surface area contributed by atoms with Crippen molar-refractivity contribution in [3.8, 4) is 5.75 Å². The summed E-state index contributed by atoms with van der Waals surface area (Å²) in [6.45, 7) is 1.28. The lowest BCUT2D eigenvalue weighted by molar-refractivity contribution is -0.137. The molecule has 1 fully saturated rings. The molecule has 152 valence electrons. The zero-order chi connectivity index (χ0) is 20.2. The first-order valence-electron chi connectivity index (χ1n) is 9.20. The molecule has 1 N–H and O–H groups in total. The lowest BCUT2D eigenvalue weighted by Crippen LogP contribution is -2.48. The molecule has 3 rings (SSSR count). The Morgan fingerprint density at radius 1 is 1.25 bits per heavy atom. The van der Waals surface area contributed by atoms with Crippen LogP contribution in [0.3, 0.4) is 0 Å². The molecule has 0 unspecified atom stereocenters. The van der Waals surface area contributed by atoms with Crippen molar-refractivity contribution in [2.75, 3.05) is 6.61 Å². The number of alkyl halides is 3. The van der Waals surface area contributed by atoms with Gasteiger partial charge in [0, 0.05) is 6.92 Å². The van der Waals surface area contributed by atoms with Crippen LogP contribution in [0.4, 0.5) is 13.2 Å². The molecule has 2 aromatic rings. The molecule has 1 aliphatic rings. The molecule has 9 heteroatoms. The van der Waals surface area contributed by atoms with Crippen molar-refractivity contribution in [1.29, 1.82) is 0 Å². The first-order valence-corrected chi connectivity index (χ1v) is 9.20. The van der Waals surface area contributed by atoms with Crippen molar-refractivity contribution in [2.24, 2.45) is 0 Å². The zero-order valence-corrected chi connectivity index (χ0v) is 15.5. The lowest BCUT2D eigenvalue weighted by atomic mass is 9.89. The minimum Gasteiger partial charge on any atom is -0.484 e. The van der Waals surface area contributed by atoms with E-state index in [1.165, 1.54) is 12.1 Å². The highest BCUT2D eigenvalue weighted by molar-refractivity contribution is 5.78. The zero-order valence-electron chi connectivity index (χ0n) is 15.5. The van der Waals surface area contributed by atoms with Crippen LogP contribution in [-0.4, -0.2) is 22.7 Å². The number of ether oxygens (including phenoxy) is 1. The Labute approximate surface area is 160 Å². The Bertz CT molecular complexity index is 812. The van der Waals surface area contributed by atoms with E-state index >= 15 is 0 Å². The molecular formula is C19H22F3N3O3. The molecule has 0 aliphatic heterocycles. The maximum atomic E-state index is 12.8. The van der Waals surface area contributed by atoms with Crippen LogP contribution >= 0.6 is 0 Å². The van der Waals surface area contributed by atoms with Crippen molar-refractivity contribution in [3.05, 3.63) is 41.5 Å². The Morgan fingerprint density at radius 2 is 1.96 bits per heavy atom. The molecule has 1 saturated carbocycles. The van der Waals surface area contributed by atoms with Crippen LogP contribution in [0.2, 0.25) is 0 Å². The van der Waals surface area contributed by atoms with Gasteiger partial charge in [-0.2, -0.15) is 18.2 Å². The number of benzene rings is 1. The average molecular weight is 397 g/mol. The third kappa shape index (κ3) is 4.82. The van der Waals surface area contributed by atoms with Crippen molar-refractivity contribution in [2.45, 2.75) is 57.2 Å².